The Morgan fingerprint density at radius 1 is 0.936 bits per heavy atom. The topological polar surface area (TPSA) is 128 Å². The predicted molar refractivity (Wildman–Crippen MR) is 179 cm³/mol. The van der Waals surface area contributed by atoms with Gasteiger partial charge in [-0.15, -0.1) is 0 Å². The quantitative estimate of drug-likeness (QED) is 0.249. The first-order valence-corrected chi connectivity index (χ1v) is 16.7. The molecule has 2 N–H and O–H groups in total. The van der Waals surface area contributed by atoms with Crippen molar-refractivity contribution in [3.05, 3.63) is 114 Å². The minimum absolute atomic E-state index is 0.0499. The van der Waals surface area contributed by atoms with Crippen molar-refractivity contribution in [1.82, 2.24) is 25.1 Å². The van der Waals surface area contributed by atoms with Crippen molar-refractivity contribution >= 4 is 45.6 Å². The molecule has 0 bridgehead atoms. The molecule has 0 aliphatic carbocycles. The smallest absolute Gasteiger partial charge is 0.332 e. The SMILES string of the molecule is CC(C)N(C(=O)NCc1ccccc1)N1CC(=O)N2[C@@H](Cc3ccc(NS(=O)[O-])cc3)C(=O)N(Cc3cccc4ccccc34)C[C@@H]21. The first-order valence-electron chi connectivity index (χ1n) is 15.6. The van der Waals surface area contributed by atoms with Crippen molar-refractivity contribution in [2.24, 2.45) is 0 Å². The van der Waals surface area contributed by atoms with Crippen LogP contribution >= 0.6 is 0 Å². The molecule has 11 nitrogen and oxygen atoms in total. The maximum absolute atomic E-state index is 14.3. The molecule has 2 fully saturated rings. The van der Waals surface area contributed by atoms with E-state index in [0.29, 0.717) is 18.8 Å². The number of piperazine rings is 1. The molecule has 244 valence electrons. The van der Waals surface area contributed by atoms with Crippen LogP contribution < -0.4 is 10.0 Å². The maximum Gasteiger partial charge on any atom is 0.332 e. The highest BCUT2D eigenvalue weighted by Crippen LogP contribution is 2.32. The first kappa shape index (κ1) is 32.2. The Balaban J connectivity index is 1.32. The Morgan fingerprint density at radius 2 is 1.64 bits per heavy atom. The van der Waals surface area contributed by atoms with E-state index in [1.54, 1.807) is 44.1 Å². The van der Waals surface area contributed by atoms with Gasteiger partial charge in [-0.1, -0.05) is 84.9 Å². The third-order valence-corrected chi connectivity index (χ3v) is 9.05. The second-order valence-corrected chi connectivity index (χ2v) is 12.7. The van der Waals surface area contributed by atoms with Gasteiger partial charge in [0.25, 0.3) is 0 Å². The summed E-state index contributed by atoms with van der Waals surface area (Å²) >= 11 is -2.46. The van der Waals surface area contributed by atoms with Crippen LogP contribution in [0.15, 0.2) is 97.1 Å². The van der Waals surface area contributed by atoms with Crippen molar-refractivity contribution in [2.75, 3.05) is 17.8 Å². The van der Waals surface area contributed by atoms with E-state index in [2.05, 4.69) is 10.0 Å². The van der Waals surface area contributed by atoms with Crippen molar-refractivity contribution < 1.29 is 23.1 Å². The molecule has 12 heteroatoms. The number of hydrogen-bond acceptors (Lipinski definition) is 6. The molecule has 47 heavy (non-hydrogen) atoms. The number of benzene rings is 4. The third-order valence-electron chi connectivity index (χ3n) is 8.65. The van der Waals surface area contributed by atoms with Gasteiger partial charge >= 0.3 is 6.03 Å². The molecule has 1 unspecified atom stereocenters. The van der Waals surface area contributed by atoms with Crippen LogP contribution in [0.3, 0.4) is 0 Å². The number of nitrogens with zero attached hydrogens (tertiary/aromatic N) is 4. The lowest BCUT2D eigenvalue weighted by Gasteiger charge is -2.47. The number of hydrogen-bond donors (Lipinski definition) is 2. The van der Waals surface area contributed by atoms with Gasteiger partial charge in [-0.25, -0.2) is 4.79 Å². The Labute approximate surface area is 276 Å². The van der Waals surface area contributed by atoms with Crippen molar-refractivity contribution in [3.63, 3.8) is 0 Å². The number of amides is 4. The Kier molecular flexibility index (Phi) is 9.53. The van der Waals surface area contributed by atoms with E-state index < -0.39 is 23.5 Å². The van der Waals surface area contributed by atoms with Gasteiger partial charge in [0.1, 0.15) is 12.2 Å². The molecule has 0 aromatic heterocycles. The minimum Gasteiger partial charge on any atom is -0.755 e. The zero-order chi connectivity index (χ0) is 33.1. The fraction of sp³-hybridized carbons (Fsp3) is 0.286. The Bertz CT molecular complexity index is 1780. The van der Waals surface area contributed by atoms with Crippen LogP contribution in [0.1, 0.15) is 30.5 Å². The van der Waals surface area contributed by atoms with Crippen molar-refractivity contribution in [1.29, 1.82) is 0 Å². The molecular formula is C35H37N6O5S-. The highest BCUT2D eigenvalue weighted by atomic mass is 32.2. The van der Waals surface area contributed by atoms with Gasteiger partial charge in [0.15, 0.2) is 0 Å². The second kappa shape index (κ2) is 13.9. The third kappa shape index (κ3) is 6.99. The van der Waals surface area contributed by atoms with Crippen molar-refractivity contribution in [2.45, 2.75) is 51.6 Å². The van der Waals surface area contributed by atoms with Gasteiger partial charge in [0.05, 0.1) is 13.1 Å². The van der Waals surface area contributed by atoms with Crippen molar-refractivity contribution in [3.8, 4) is 0 Å². The number of fused-ring (bicyclic) bond motifs is 2. The normalized spacial score (nSPS) is 18.8. The van der Waals surface area contributed by atoms with Gasteiger partial charge in [0, 0.05) is 42.5 Å². The molecule has 6 rings (SSSR count). The summed E-state index contributed by atoms with van der Waals surface area (Å²) in [6.07, 6.45) is -0.349. The number of nitrogens with one attached hydrogen (secondary N) is 2. The van der Waals surface area contributed by atoms with Crippen LogP contribution in [-0.2, 0) is 40.4 Å². The molecule has 0 saturated carbocycles. The molecule has 0 spiro atoms. The van der Waals surface area contributed by atoms with Crippen LogP contribution in [0.2, 0.25) is 0 Å². The molecule has 0 radical (unpaired) electrons. The molecular weight excluding hydrogens is 616 g/mol. The zero-order valence-corrected chi connectivity index (χ0v) is 27.1. The van der Waals surface area contributed by atoms with E-state index >= 15 is 0 Å². The summed E-state index contributed by atoms with van der Waals surface area (Å²) < 4.78 is 24.5. The van der Waals surface area contributed by atoms with E-state index in [1.165, 1.54) is 0 Å². The number of carbonyl (C=O) groups excluding carboxylic acids is 3. The van der Waals surface area contributed by atoms with Crippen LogP contribution in [0.25, 0.3) is 10.8 Å². The second-order valence-electron chi connectivity index (χ2n) is 12.1. The zero-order valence-electron chi connectivity index (χ0n) is 26.2. The van der Waals surface area contributed by atoms with E-state index in [-0.39, 0.29) is 43.4 Å². The predicted octanol–water partition coefficient (Wildman–Crippen LogP) is 4.00. The summed E-state index contributed by atoms with van der Waals surface area (Å²) in [6.45, 7) is 4.64. The largest absolute Gasteiger partial charge is 0.755 e. The lowest BCUT2D eigenvalue weighted by molar-refractivity contribution is -0.158. The number of urea groups is 1. The van der Waals surface area contributed by atoms with Crippen LogP contribution in [0.5, 0.6) is 0 Å². The lowest BCUT2D eigenvalue weighted by atomic mass is 9.99. The van der Waals surface area contributed by atoms with Crippen LogP contribution in [0.4, 0.5) is 10.5 Å². The summed E-state index contributed by atoms with van der Waals surface area (Å²) in [4.78, 5) is 45.2. The highest BCUT2D eigenvalue weighted by molar-refractivity contribution is 7.80. The van der Waals surface area contributed by atoms with E-state index in [4.69, 9.17) is 0 Å². The highest BCUT2D eigenvalue weighted by Gasteiger charge is 2.52. The molecule has 4 amide bonds. The number of carbonyl (C=O) groups is 3. The first-order chi connectivity index (χ1) is 22.7. The molecule has 4 aromatic carbocycles. The molecule has 2 aliphatic rings. The fourth-order valence-corrected chi connectivity index (χ4v) is 6.86. The average Bonchev–Trinajstić information content (AvgIpc) is 3.37. The van der Waals surface area contributed by atoms with Crippen LogP contribution in [-0.4, -0.2) is 77.8 Å². The molecule has 2 saturated heterocycles. The standard InChI is InChI=1S/C35H38N6O5S/c1-24(2)41(35(44)36-20-26-9-4-3-5-10-26)39-23-33(42)40-31(19-25-15-17-29(18-16-25)37-47(45)46)34(43)38(22-32(39)40)21-28-13-8-12-27-11-6-7-14-30(27)28/h3-18,24,31-32,37H,19-23H2,1-2H3,(H,36,44)(H,45,46)/p-1/t31-,32+/m0/s1. The van der Waals surface area contributed by atoms with Gasteiger partial charge in [-0.3, -0.25) is 18.8 Å². The molecule has 3 atom stereocenters. The number of hydrazine groups is 1. The van der Waals surface area contributed by atoms with Gasteiger partial charge in [-0.05, 0) is 53.4 Å². The van der Waals surface area contributed by atoms with E-state index in [9.17, 15) is 23.1 Å². The average molecular weight is 654 g/mol. The molecule has 4 aromatic rings. The van der Waals surface area contributed by atoms with Gasteiger partial charge < -0.3 is 24.4 Å². The molecule has 2 aliphatic heterocycles. The van der Waals surface area contributed by atoms with Gasteiger partial charge in [0.2, 0.25) is 11.8 Å². The monoisotopic (exact) mass is 653 g/mol. The van der Waals surface area contributed by atoms with Crippen LogP contribution in [0, 0.1) is 0 Å². The Morgan fingerprint density at radius 3 is 2.36 bits per heavy atom. The summed E-state index contributed by atoms with van der Waals surface area (Å²) in [6, 6.07) is 29.0. The number of anilines is 1. The van der Waals surface area contributed by atoms with E-state index in [0.717, 1.165) is 27.5 Å². The number of rotatable bonds is 10. The minimum atomic E-state index is -2.46. The Hall–Kier alpha value is -4.78. The fourth-order valence-electron chi connectivity index (χ4n) is 6.53. The molecule has 2 heterocycles. The summed E-state index contributed by atoms with van der Waals surface area (Å²) in [5.74, 6) is -0.420. The summed E-state index contributed by atoms with van der Waals surface area (Å²) in [5.41, 5.74) is 3.10. The summed E-state index contributed by atoms with van der Waals surface area (Å²) in [5, 5.41) is 8.50. The van der Waals surface area contributed by atoms with E-state index in [1.807, 2.05) is 86.6 Å². The lowest BCUT2D eigenvalue weighted by Crippen LogP contribution is -2.66. The summed E-state index contributed by atoms with van der Waals surface area (Å²) in [7, 11) is 0. The van der Waals surface area contributed by atoms with Gasteiger partial charge in [-0.2, -0.15) is 5.01 Å². The maximum atomic E-state index is 14.3.